The monoisotopic (exact) mass is 418 g/mol. The van der Waals surface area contributed by atoms with Crippen LogP contribution >= 0.6 is 0 Å². The average Bonchev–Trinajstić information content (AvgIpc) is 3.05. The number of halogens is 3. The van der Waals surface area contributed by atoms with Gasteiger partial charge in [-0.2, -0.15) is 0 Å². The summed E-state index contributed by atoms with van der Waals surface area (Å²) in [7, 11) is 0. The van der Waals surface area contributed by atoms with Gasteiger partial charge in [-0.05, 0) is 49.2 Å². The van der Waals surface area contributed by atoms with Gasteiger partial charge in [0.15, 0.2) is 11.6 Å². The van der Waals surface area contributed by atoms with Gasteiger partial charge >= 0.3 is 5.69 Å². The van der Waals surface area contributed by atoms with E-state index in [1.807, 2.05) is 0 Å². The van der Waals surface area contributed by atoms with Crippen molar-refractivity contribution in [2.75, 3.05) is 26.2 Å². The molecule has 158 valence electrons. The van der Waals surface area contributed by atoms with E-state index in [1.54, 1.807) is 10.6 Å². The molecule has 2 N–H and O–H groups in total. The maximum Gasteiger partial charge on any atom is 0.326 e. The highest BCUT2D eigenvalue weighted by Crippen LogP contribution is 2.25. The second kappa shape index (κ2) is 8.35. The highest BCUT2D eigenvalue weighted by atomic mass is 19.2. The molecule has 9 heteroatoms. The first-order chi connectivity index (χ1) is 14.4. The van der Waals surface area contributed by atoms with Gasteiger partial charge in [0, 0.05) is 37.8 Å². The molecule has 6 nitrogen and oxygen atoms in total. The quantitative estimate of drug-likeness (QED) is 0.670. The van der Waals surface area contributed by atoms with Crippen molar-refractivity contribution in [3.8, 4) is 0 Å². The van der Waals surface area contributed by atoms with Crippen LogP contribution in [0.5, 0.6) is 0 Å². The van der Waals surface area contributed by atoms with Crippen molar-refractivity contribution in [1.82, 2.24) is 19.8 Å². The highest BCUT2D eigenvalue weighted by Gasteiger charge is 2.23. The van der Waals surface area contributed by atoms with Gasteiger partial charge in [-0.25, -0.2) is 18.0 Å². The van der Waals surface area contributed by atoms with Crippen LogP contribution in [-0.2, 0) is 0 Å². The van der Waals surface area contributed by atoms with Gasteiger partial charge in [0.25, 0.3) is 5.91 Å². The number of carbonyl (C=O) groups is 1. The molecule has 1 aliphatic heterocycles. The van der Waals surface area contributed by atoms with E-state index in [-0.39, 0.29) is 23.1 Å². The summed E-state index contributed by atoms with van der Waals surface area (Å²) in [5, 5.41) is 2.70. The summed E-state index contributed by atoms with van der Waals surface area (Å²) in [4.78, 5) is 29.3. The Balaban J connectivity index is 1.31. The van der Waals surface area contributed by atoms with Crippen LogP contribution < -0.4 is 11.0 Å². The molecule has 0 aliphatic carbocycles. The summed E-state index contributed by atoms with van der Waals surface area (Å²) in [6, 6.07) is 7.26. The number of nitrogens with zero attached hydrogens (tertiary/aromatic N) is 2. The number of H-pyrrole nitrogens is 1. The Kier molecular flexibility index (Phi) is 5.63. The smallest absolute Gasteiger partial charge is 0.326 e. The minimum absolute atomic E-state index is 0.0268. The molecule has 1 saturated heterocycles. The standard InChI is InChI=1S/C21H21F3N4O2/c22-14-2-4-18-19(12-14)28(21(30)26-18)15-5-8-27(9-6-15)10-7-25-20(29)13-1-3-16(23)17(24)11-13/h1-4,11-12,15H,5-10H2,(H,25,29)(H,26,30). The second-order valence-corrected chi connectivity index (χ2v) is 7.42. The zero-order valence-corrected chi connectivity index (χ0v) is 16.1. The minimum Gasteiger partial charge on any atom is -0.351 e. The summed E-state index contributed by atoms with van der Waals surface area (Å²) in [5.41, 5.74) is 1.01. The zero-order chi connectivity index (χ0) is 21.3. The Hall–Kier alpha value is -3.07. The van der Waals surface area contributed by atoms with Crippen molar-refractivity contribution in [1.29, 1.82) is 0 Å². The van der Waals surface area contributed by atoms with Crippen LogP contribution in [0.4, 0.5) is 13.2 Å². The van der Waals surface area contributed by atoms with Gasteiger partial charge in [-0.3, -0.25) is 9.36 Å². The molecular weight excluding hydrogens is 397 g/mol. The lowest BCUT2D eigenvalue weighted by atomic mass is 10.0. The number of amides is 1. The number of aromatic amines is 1. The zero-order valence-electron chi connectivity index (χ0n) is 16.1. The molecule has 4 rings (SSSR count). The first-order valence-electron chi connectivity index (χ1n) is 9.78. The van der Waals surface area contributed by atoms with E-state index in [0.717, 1.165) is 38.1 Å². The van der Waals surface area contributed by atoms with Crippen molar-refractivity contribution in [2.24, 2.45) is 0 Å². The number of nitrogens with one attached hydrogen (secondary N) is 2. The van der Waals surface area contributed by atoms with Gasteiger partial charge in [0.1, 0.15) is 5.82 Å². The summed E-state index contributed by atoms with van der Waals surface area (Å²) in [6.07, 6.45) is 1.45. The third-order valence-electron chi connectivity index (χ3n) is 5.50. The number of fused-ring (bicyclic) bond motifs is 1. The molecule has 0 saturated carbocycles. The van der Waals surface area contributed by atoms with Gasteiger partial charge < -0.3 is 15.2 Å². The lowest BCUT2D eigenvalue weighted by molar-refractivity contribution is 0.0943. The van der Waals surface area contributed by atoms with Crippen LogP contribution in [-0.4, -0.2) is 46.5 Å². The SMILES string of the molecule is O=C(NCCN1CCC(n2c(=O)[nH]c3ccc(F)cc32)CC1)c1ccc(F)c(F)c1. The summed E-state index contributed by atoms with van der Waals surface area (Å²) in [6.45, 7) is 2.40. The highest BCUT2D eigenvalue weighted by molar-refractivity contribution is 5.94. The molecule has 1 aromatic heterocycles. The molecule has 2 aromatic carbocycles. The molecule has 2 heterocycles. The first-order valence-corrected chi connectivity index (χ1v) is 9.78. The van der Waals surface area contributed by atoms with E-state index >= 15 is 0 Å². The van der Waals surface area contributed by atoms with Crippen molar-refractivity contribution < 1.29 is 18.0 Å². The molecule has 1 fully saturated rings. The van der Waals surface area contributed by atoms with E-state index in [4.69, 9.17) is 0 Å². The second-order valence-electron chi connectivity index (χ2n) is 7.42. The lowest BCUT2D eigenvalue weighted by Crippen LogP contribution is -2.41. The Morgan fingerprint density at radius 1 is 1.07 bits per heavy atom. The fraction of sp³-hybridized carbons (Fsp3) is 0.333. The van der Waals surface area contributed by atoms with Gasteiger partial charge in [0.2, 0.25) is 0 Å². The first kappa shape index (κ1) is 20.2. The van der Waals surface area contributed by atoms with E-state index in [9.17, 15) is 22.8 Å². The maximum absolute atomic E-state index is 13.6. The number of aromatic nitrogens is 2. The van der Waals surface area contributed by atoms with E-state index < -0.39 is 17.5 Å². The topological polar surface area (TPSA) is 70.1 Å². The molecule has 0 spiro atoms. The summed E-state index contributed by atoms with van der Waals surface area (Å²) < 4.78 is 41.4. The largest absolute Gasteiger partial charge is 0.351 e. The Morgan fingerprint density at radius 3 is 2.57 bits per heavy atom. The fourth-order valence-corrected chi connectivity index (χ4v) is 3.93. The number of piperidine rings is 1. The Labute approximate surface area is 170 Å². The molecule has 0 atom stereocenters. The number of hydrogen-bond acceptors (Lipinski definition) is 3. The average molecular weight is 418 g/mol. The van der Waals surface area contributed by atoms with Gasteiger partial charge in [-0.1, -0.05) is 0 Å². The number of likely N-dealkylation sites (tertiary alicyclic amines) is 1. The summed E-state index contributed by atoms with van der Waals surface area (Å²) in [5.74, 6) is -2.90. The van der Waals surface area contributed by atoms with Crippen molar-refractivity contribution in [3.63, 3.8) is 0 Å². The Bertz CT molecular complexity index is 1130. The number of rotatable bonds is 5. The van der Waals surface area contributed by atoms with Crippen LogP contribution in [0.15, 0.2) is 41.2 Å². The van der Waals surface area contributed by atoms with Crippen LogP contribution in [0, 0.1) is 17.5 Å². The van der Waals surface area contributed by atoms with Crippen LogP contribution in [0.1, 0.15) is 29.2 Å². The molecule has 3 aromatic rings. The van der Waals surface area contributed by atoms with E-state index in [0.29, 0.717) is 24.1 Å². The fourth-order valence-electron chi connectivity index (χ4n) is 3.93. The van der Waals surface area contributed by atoms with E-state index in [1.165, 1.54) is 18.2 Å². The lowest BCUT2D eigenvalue weighted by Gasteiger charge is -2.32. The van der Waals surface area contributed by atoms with Crippen LogP contribution in [0.3, 0.4) is 0 Å². The van der Waals surface area contributed by atoms with Crippen molar-refractivity contribution in [3.05, 3.63) is 69.9 Å². The number of carbonyl (C=O) groups excluding carboxylic acids is 1. The van der Waals surface area contributed by atoms with E-state index in [2.05, 4.69) is 15.2 Å². The van der Waals surface area contributed by atoms with Crippen molar-refractivity contribution >= 4 is 16.9 Å². The number of benzene rings is 2. The molecule has 1 aliphatic rings. The summed E-state index contributed by atoms with van der Waals surface area (Å²) >= 11 is 0. The van der Waals surface area contributed by atoms with Gasteiger partial charge in [0.05, 0.1) is 11.0 Å². The molecule has 0 unspecified atom stereocenters. The molecule has 1 amide bonds. The Morgan fingerprint density at radius 2 is 1.83 bits per heavy atom. The normalized spacial score (nSPS) is 15.6. The third-order valence-corrected chi connectivity index (χ3v) is 5.50. The van der Waals surface area contributed by atoms with Crippen molar-refractivity contribution in [2.45, 2.75) is 18.9 Å². The molecule has 0 radical (unpaired) electrons. The molecular formula is C21H21F3N4O2. The van der Waals surface area contributed by atoms with Crippen LogP contribution in [0.2, 0.25) is 0 Å². The minimum atomic E-state index is -1.06. The maximum atomic E-state index is 13.6. The number of imidazole rings is 1. The predicted octanol–water partition coefficient (Wildman–Crippen LogP) is 2.81. The molecule has 0 bridgehead atoms. The predicted molar refractivity (Wildman–Crippen MR) is 106 cm³/mol. The van der Waals surface area contributed by atoms with Crippen LogP contribution in [0.25, 0.3) is 11.0 Å². The third kappa shape index (κ3) is 4.11. The number of hydrogen-bond donors (Lipinski definition) is 2. The molecule has 30 heavy (non-hydrogen) atoms. The van der Waals surface area contributed by atoms with Gasteiger partial charge in [-0.15, -0.1) is 0 Å².